The summed E-state index contributed by atoms with van der Waals surface area (Å²) in [4.78, 5) is 14.7. The van der Waals surface area contributed by atoms with Crippen molar-refractivity contribution in [3.05, 3.63) is 51.5 Å². The van der Waals surface area contributed by atoms with Gasteiger partial charge in [0.2, 0.25) is 5.88 Å². The second-order valence-corrected chi connectivity index (χ2v) is 6.57. The van der Waals surface area contributed by atoms with Crippen molar-refractivity contribution < 1.29 is 14.6 Å². The van der Waals surface area contributed by atoms with Crippen molar-refractivity contribution >= 4 is 50.0 Å². The van der Waals surface area contributed by atoms with E-state index in [1.54, 1.807) is 18.2 Å². The SMILES string of the molecule is Cc1ccccc1OCC(=O)N=Nc1c(O)[nH]c2c(Br)cc(Cl)cc12. The zero-order chi connectivity index (χ0) is 18.0. The summed E-state index contributed by atoms with van der Waals surface area (Å²) in [5.41, 5.74) is 1.67. The summed E-state index contributed by atoms with van der Waals surface area (Å²) >= 11 is 9.36. The number of aromatic hydroxyl groups is 1. The number of rotatable bonds is 4. The largest absolute Gasteiger partial charge is 0.493 e. The van der Waals surface area contributed by atoms with E-state index in [0.717, 1.165) is 5.56 Å². The summed E-state index contributed by atoms with van der Waals surface area (Å²) in [6, 6.07) is 10.7. The quantitative estimate of drug-likeness (QED) is 0.560. The topological polar surface area (TPSA) is 87.0 Å². The number of carbonyl (C=O) groups excluding carboxylic acids is 1. The average Bonchev–Trinajstić information content (AvgIpc) is 2.88. The molecule has 128 valence electrons. The number of aryl methyl sites for hydroxylation is 1. The van der Waals surface area contributed by atoms with Crippen LogP contribution >= 0.6 is 27.5 Å². The molecule has 8 heteroatoms. The highest BCUT2D eigenvalue weighted by Gasteiger charge is 2.14. The van der Waals surface area contributed by atoms with Crippen molar-refractivity contribution in [2.75, 3.05) is 6.61 Å². The average molecular weight is 423 g/mol. The predicted octanol–water partition coefficient (Wildman–Crippen LogP) is 5.29. The third-order valence-corrected chi connectivity index (χ3v) is 4.33. The van der Waals surface area contributed by atoms with E-state index in [1.165, 1.54) is 0 Å². The van der Waals surface area contributed by atoms with Crippen LogP contribution in [-0.2, 0) is 4.79 Å². The van der Waals surface area contributed by atoms with E-state index < -0.39 is 5.91 Å². The van der Waals surface area contributed by atoms with Crippen LogP contribution in [0.3, 0.4) is 0 Å². The third kappa shape index (κ3) is 3.83. The first-order chi connectivity index (χ1) is 12.0. The number of ether oxygens (including phenoxy) is 1. The number of para-hydroxylation sites is 1. The Morgan fingerprint density at radius 2 is 2.12 bits per heavy atom. The van der Waals surface area contributed by atoms with Gasteiger partial charge in [0.25, 0.3) is 0 Å². The van der Waals surface area contributed by atoms with Gasteiger partial charge < -0.3 is 14.8 Å². The first kappa shape index (κ1) is 17.4. The van der Waals surface area contributed by atoms with E-state index in [1.807, 2.05) is 25.1 Å². The summed E-state index contributed by atoms with van der Waals surface area (Å²) in [5, 5.41) is 18.5. The fourth-order valence-corrected chi connectivity index (χ4v) is 3.20. The molecule has 0 aliphatic rings. The lowest BCUT2D eigenvalue weighted by Gasteiger charge is -2.05. The molecule has 0 spiro atoms. The highest BCUT2D eigenvalue weighted by atomic mass is 79.9. The second kappa shape index (κ2) is 7.25. The van der Waals surface area contributed by atoms with E-state index >= 15 is 0 Å². The van der Waals surface area contributed by atoms with Crippen molar-refractivity contribution in [3.63, 3.8) is 0 Å². The number of aromatic amines is 1. The number of nitrogens with zero attached hydrogens (tertiary/aromatic N) is 2. The molecule has 3 rings (SSSR count). The minimum Gasteiger partial charge on any atom is -0.493 e. The van der Waals surface area contributed by atoms with Gasteiger partial charge in [0.05, 0.1) is 5.52 Å². The van der Waals surface area contributed by atoms with Crippen LogP contribution in [0.25, 0.3) is 10.9 Å². The highest BCUT2D eigenvalue weighted by molar-refractivity contribution is 9.10. The molecule has 2 aromatic carbocycles. The van der Waals surface area contributed by atoms with E-state index in [2.05, 4.69) is 31.1 Å². The Balaban J connectivity index is 1.78. The number of hydrogen-bond acceptors (Lipinski definition) is 4. The van der Waals surface area contributed by atoms with Crippen LogP contribution in [0.2, 0.25) is 5.02 Å². The molecule has 0 bridgehead atoms. The van der Waals surface area contributed by atoms with Crippen LogP contribution in [0.5, 0.6) is 11.6 Å². The number of nitrogens with one attached hydrogen (secondary N) is 1. The molecule has 3 aromatic rings. The monoisotopic (exact) mass is 421 g/mol. The first-order valence-electron chi connectivity index (χ1n) is 7.28. The van der Waals surface area contributed by atoms with E-state index in [9.17, 15) is 9.90 Å². The number of azo groups is 1. The molecule has 1 aromatic heterocycles. The maximum atomic E-state index is 11.9. The van der Waals surface area contributed by atoms with Crippen LogP contribution in [0, 0.1) is 6.92 Å². The molecule has 1 heterocycles. The molecule has 6 nitrogen and oxygen atoms in total. The number of fused-ring (bicyclic) bond motifs is 1. The van der Waals surface area contributed by atoms with E-state index in [-0.39, 0.29) is 18.2 Å². The Bertz CT molecular complexity index is 985. The Hall–Kier alpha value is -2.38. The number of H-pyrrole nitrogens is 1. The lowest BCUT2D eigenvalue weighted by atomic mass is 10.2. The molecule has 0 unspecified atom stereocenters. The molecule has 0 saturated carbocycles. The molecular formula is C17H13BrClN3O3. The summed E-state index contributed by atoms with van der Waals surface area (Å²) < 4.78 is 6.09. The number of hydrogen-bond donors (Lipinski definition) is 2. The summed E-state index contributed by atoms with van der Waals surface area (Å²) in [6.07, 6.45) is 0. The summed E-state index contributed by atoms with van der Waals surface area (Å²) in [7, 11) is 0. The first-order valence-corrected chi connectivity index (χ1v) is 8.45. The zero-order valence-corrected chi connectivity index (χ0v) is 15.4. The third-order valence-electron chi connectivity index (χ3n) is 3.48. The maximum Gasteiger partial charge on any atom is 0.302 e. The van der Waals surface area contributed by atoms with Crippen LogP contribution in [0.15, 0.2) is 51.1 Å². The maximum absolute atomic E-state index is 11.9. The molecule has 25 heavy (non-hydrogen) atoms. The Kier molecular flexibility index (Phi) is 5.06. The molecule has 0 saturated heterocycles. The minimum absolute atomic E-state index is 0.141. The van der Waals surface area contributed by atoms with Gasteiger partial charge in [-0.25, -0.2) is 0 Å². The lowest BCUT2D eigenvalue weighted by molar-refractivity contribution is -0.120. The Morgan fingerprint density at radius 1 is 1.36 bits per heavy atom. The van der Waals surface area contributed by atoms with Gasteiger partial charge >= 0.3 is 5.91 Å². The van der Waals surface area contributed by atoms with Crippen LogP contribution in [0.4, 0.5) is 5.69 Å². The number of benzene rings is 2. The molecule has 0 radical (unpaired) electrons. The van der Waals surface area contributed by atoms with E-state index in [0.29, 0.717) is 26.1 Å². The molecule has 1 amide bonds. The smallest absolute Gasteiger partial charge is 0.302 e. The fraction of sp³-hybridized carbons (Fsp3) is 0.118. The number of amides is 1. The van der Waals surface area contributed by atoms with Gasteiger partial charge in [-0.2, -0.15) is 0 Å². The minimum atomic E-state index is -0.571. The second-order valence-electron chi connectivity index (χ2n) is 5.28. The highest BCUT2D eigenvalue weighted by Crippen LogP contribution is 2.40. The normalized spacial score (nSPS) is 11.3. The standard InChI is InChI=1S/C17H13BrClN3O3/c1-9-4-2-3-5-13(9)25-8-14(23)21-22-16-11-6-10(19)7-12(18)15(11)20-17(16)24/h2-7,20,24H,8H2,1H3. The van der Waals surface area contributed by atoms with Crippen molar-refractivity contribution in [1.82, 2.24) is 4.98 Å². The van der Waals surface area contributed by atoms with Gasteiger partial charge in [-0.05, 0) is 46.6 Å². The Labute approximate surface area is 156 Å². The van der Waals surface area contributed by atoms with Crippen LogP contribution in [-0.4, -0.2) is 22.6 Å². The van der Waals surface area contributed by atoms with Gasteiger partial charge in [-0.15, -0.1) is 10.2 Å². The van der Waals surface area contributed by atoms with Crippen molar-refractivity contribution in [3.8, 4) is 11.6 Å². The van der Waals surface area contributed by atoms with Gasteiger partial charge in [0, 0.05) is 14.9 Å². The zero-order valence-electron chi connectivity index (χ0n) is 13.1. The van der Waals surface area contributed by atoms with Crippen molar-refractivity contribution in [2.45, 2.75) is 6.92 Å². The molecule has 0 aliphatic heterocycles. The van der Waals surface area contributed by atoms with Crippen molar-refractivity contribution in [1.29, 1.82) is 0 Å². The van der Waals surface area contributed by atoms with Crippen molar-refractivity contribution in [2.24, 2.45) is 10.2 Å². The van der Waals surface area contributed by atoms with Gasteiger partial charge in [-0.3, -0.25) is 4.79 Å². The molecular weight excluding hydrogens is 410 g/mol. The Morgan fingerprint density at radius 3 is 2.88 bits per heavy atom. The van der Waals surface area contributed by atoms with Crippen LogP contribution < -0.4 is 4.74 Å². The molecule has 2 N–H and O–H groups in total. The van der Waals surface area contributed by atoms with Gasteiger partial charge in [0.15, 0.2) is 12.3 Å². The molecule has 0 atom stereocenters. The van der Waals surface area contributed by atoms with E-state index in [4.69, 9.17) is 16.3 Å². The number of aromatic nitrogens is 1. The molecule has 0 aliphatic carbocycles. The van der Waals surface area contributed by atoms with Crippen LogP contribution in [0.1, 0.15) is 5.56 Å². The molecule has 0 fully saturated rings. The van der Waals surface area contributed by atoms with Gasteiger partial charge in [-0.1, -0.05) is 29.8 Å². The summed E-state index contributed by atoms with van der Waals surface area (Å²) in [5.74, 6) is -0.163. The van der Waals surface area contributed by atoms with Gasteiger partial charge in [0.1, 0.15) is 5.75 Å². The summed E-state index contributed by atoms with van der Waals surface area (Å²) in [6.45, 7) is 1.63. The number of carbonyl (C=O) groups is 1. The predicted molar refractivity (Wildman–Crippen MR) is 98.9 cm³/mol. The number of halogens is 2. The lowest BCUT2D eigenvalue weighted by Crippen LogP contribution is -2.08. The fourth-order valence-electron chi connectivity index (χ4n) is 2.29.